The third kappa shape index (κ3) is 3.91. The van der Waals surface area contributed by atoms with Crippen LogP contribution in [0.25, 0.3) is 16.9 Å². The van der Waals surface area contributed by atoms with Crippen LogP contribution < -0.4 is 16.0 Å². The molecule has 182 valence electrons. The average molecular weight is 483 g/mol. The van der Waals surface area contributed by atoms with Gasteiger partial charge in [0.15, 0.2) is 0 Å². The Bertz CT molecular complexity index is 1420. The third-order valence-corrected chi connectivity index (χ3v) is 7.72. The molecule has 10 nitrogen and oxygen atoms in total. The fraction of sp³-hybridized carbons (Fsp3) is 0.385. The zero-order valence-corrected chi connectivity index (χ0v) is 20.0. The van der Waals surface area contributed by atoms with Gasteiger partial charge in [-0.15, -0.1) is 0 Å². The van der Waals surface area contributed by atoms with Crippen LogP contribution in [-0.2, 0) is 4.79 Å². The highest BCUT2D eigenvalue weighted by Gasteiger charge is 2.52. The largest absolute Gasteiger partial charge is 0.379 e. The molecule has 3 fully saturated rings. The van der Waals surface area contributed by atoms with Crippen molar-refractivity contribution in [1.82, 2.24) is 25.2 Å². The molecule has 3 aromatic heterocycles. The van der Waals surface area contributed by atoms with Crippen molar-refractivity contribution in [3.8, 4) is 23.5 Å². The lowest BCUT2D eigenvalue weighted by molar-refractivity contribution is -0.136. The molecule has 0 atom stereocenters. The first-order chi connectivity index (χ1) is 17.4. The van der Waals surface area contributed by atoms with E-state index in [9.17, 15) is 9.59 Å². The van der Waals surface area contributed by atoms with Gasteiger partial charge in [-0.25, -0.2) is 4.52 Å². The molecule has 3 aromatic rings. The van der Waals surface area contributed by atoms with E-state index in [1.807, 2.05) is 24.3 Å². The monoisotopic (exact) mass is 482 g/mol. The molecule has 3 N–H and O–H groups in total. The number of amides is 2. The molecule has 0 aliphatic heterocycles. The van der Waals surface area contributed by atoms with Crippen molar-refractivity contribution in [1.29, 1.82) is 10.5 Å². The van der Waals surface area contributed by atoms with Crippen LogP contribution in [-0.4, -0.2) is 45.5 Å². The normalized spacial score (nSPS) is 22.4. The number of nitriles is 2. The first-order valence-electron chi connectivity index (χ1n) is 12.0. The maximum atomic E-state index is 12.9. The topological polar surface area (TPSA) is 148 Å². The molecule has 2 amide bonds. The van der Waals surface area contributed by atoms with Crippen LogP contribution in [0.1, 0.15) is 54.4 Å². The van der Waals surface area contributed by atoms with E-state index < -0.39 is 0 Å². The average Bonchev–Trinajstić information content (AvgIpc) is 3.35. The van der Waals surface area contributed by atoms with Crippen LogP contribution in [0, 0.1) is 28.1 Å². The Labute approximate surface area is 208 Å². The smallest absolute Gasteiger partial charge is 0.255 e. The highest BCUT2D eigenvalue weighted by molar-refractivity contribution is 6.00. The summed E-state index contributed by atoms with van der Waals surface area (Å²) in [6.07, 6.45) is 7.87. The SMILES string of the molecule is CNC(=O)C12CCC(Nc3cc(-c4ccc5cc(C#N)cnn45)ncc3C(=O)NCC#N)(CC1)CC2. The van der Waals surface area contributed by atoms with Crippen LogP contribution >= 0.6 is 0 Å². The van der Waals surface area contributed by atoms with Crippen molar-refractivity contribution in [2.24, 2.45) is 5.41 Å². The second-order valence-electron chi connectivity index (χ2n) is 9.63. The molecule has 0 unspecified atom stereocenters. The summed E-state index contributed by atoms with van der Waals surface area (Å²) < 4.78 is 1.71. The molecule has 6 rings (SSSR count). The van der Waals surface area contributed by atoms with E-state index in [4.69, 9.17) is 10.5 Å². The molecule has 10 heteroatoms. The Morgan fingerprint density at radius 2 is 1.83 bits per heavy atom. The molecule has 3 aliphatic rings. The molecule has 0 saturated heterocycles. The zero-order chi connectivity index (χ0) is 25.3. The summed E-state index contributed by atoms with van der Waals surface area (Å²) >= 11 is 0. The Hall–Kier alpha value is -4.44. The van der Waals surface area contributed by atoms with Gasteiger partial charge in [-0.05, 0) is 62.8 Å². The quantitative estimate of drug-likeness (QED) is 0.458. The maximum Gasteiger partial charge on any atom is 0.255 e. The number of anilines is 1. The summed E-state index contributed by atoms with van der Waals surface area (Å²) in [7, 11) is 1.69. The van der Waals surface area contributed by atoms with Crippen LogP contribution in [0.5, 0.6) is 0 Å². The molecule has 3 saturated carbocycles. The van der Waals surface area contributed by atoms with E-state index in [0.29, 0.717) is 22.5 Å². The van der Waals surface area contributed by atoms with Gasteiger partial charge in [0, 0.05) is 24.2 Å². The van der Waals surface area contributed by atoms with E-state index >= 15 is 0 Å². The van der Waals surface area contributed by atoms with Gasteiger partial charge in [0.25, 0.3) is 5.91 Å². The van der Waals surface area contributed by atoms with Gasteiger partial charge in [0.05, 0.1) is 46.0 Å². The summed E-state index contributed by atoms with van der Waals surface area (Å²) in [5, 5.41) is 31.6. The lowest BCUT2D eigenvalue weighted by Gasteiger charge is -2.53. The highest BCUT2D eigenvalue weighted by Crippen LogP contribution is 2.53. The van der Waals surface area contributed by atoms with E-state index in [0.717, 1.165) is 49.7 Å². The second kappa shape index (κ2) is 8.97. The van der Waals surface area contributed by atoms with Crippen molar-refractivity contribution >= 4 is 23.0 Å². The summed E-state index contributed by atoms with van der Waals surface area (Å²) in [6.45, 7) is -0.103. The first kappa shape index (κ1) is 23.3. The number of hydrogen-bond acceptors (Lipinski definition) is 7. The van der Waals surface area contributed by atoms with E-state index in [2.05, 4.69) is 32.1 Å². The number of carbonyl (C=O) groups is 2. The van der Waals surface area contributed by atoms with Crippen LogP contribution in [0.4, 0.5) is 5.69 Å². The van der Waals surface area contributed by atoms with Crippen molar-refractivity contribution in [2.75, 3.05) is 18.9 Å². The molecular formula is C26H26N8O2. The van der Waals surface area contributed by atoms with Crippen molar-refractivity contribution in [3.63, 3.8) is 0 Å². The molecule has 3 heterocycles. The van der Waals surface area contributed by atoms with Crippen LogP contribution in [0.3, 0.4) is 0 Å². The molecule has 0 radical (unpaired) electrons. The molecule has 3 aliphatic carbocycles. The predicted molar refractivity (Wildman–Crippen MR) is 132 cm³/mol. The molecular weight excluding hydrogens is 456 g/mol. The maximum absolute atomic E-state index is 12.9. The predicted octanol–water partition coefficient (Wildman–Crippen LogP) is 2.77. The van der Waals surface area contributed by atoms with Gasteiger partial charge in [-0.1, -0.05) is 0 Å². The van der Waals surface area contributed by atoms with E-state index in [1.165, 1.54) is 12.4 Å². The summed E-state index contributed by atoms with van der Waals surface area (Å²) in [5.41, 5.74) is 3.05. The van der Waals surface area contributed by atoms with Gasteiger partial charge in [0.1, 0.15) is 12.6 Å². The molecule has 36 heavy (non-hydrogen) atoms. The zero-order valence-electron chi connectivity index (χ0n) is 20.0. The molecule has 0 aromatic carbocycles. The van der Waals surface area contributed by atoms with Gasteiger partial charge in [-0.3, -0.25) is 14.6 Å². The fourth-order valence-corrected chi connectivity index (χ4v) is 5.61. The summed E-state index contributed by atoms with van der Waals surface area (Å²) in [5.74, 6) is -0.261. The molecule has 2 bridgehead atoms. The van der Waals surface area contributed by atoms with Gasteiger partial charge in [0.2, 0.25) is 5.91 Å². The number of nitrogens with zero attached hydrogens (tertiary/aromatic N) is 5. The third-order valence-electron chi connectivity index (χ3n) is 7.72. The minimum Gasteiger partial charge on any atom is -0.379 e. The van der Waals surface area contributed by atoms with Crippen molar-refractivity contribution in [2.45, 2.75) is 44.1 Å². The lowest BCUT2D eigenvalue weighted by Crippen LogP contribution is -2.55. The minimum atomic E-state index is -0.377. The van der Waals surface area contributed by atoms with Gasteiger partial charge in [-0.2, -0.15) is 15.6 Å². The number of pyridine rings is 1. The van der Waals surface area contributed by atoms with E-state index in [-0.39, 0.29) is 29.3 Å². The Kier molecular flexibility index (Phi) is 5.81. The number of nitrogens with one attached hydrogen (secondary N) is 3. The Balaban J connectivity index is 1.50. The number of fused-ring (bicyclic) bond motifs is 4. The lowest BCUT2D eigenvalue weighted by atomic mass is 9.57. The first-order valence-corrected chi connectivity index (χ1v) is 12.0. The van der Waals surface area contributed by atoms with Crippen LogP contribution in [0.15, 0.2) is 36.7 Å². The minimum absolute atomic E-state index is 0.103. The summed E-state index contributed by atoms with van der Waals surface area (Å²) in [4.78, 5) is 30.0. The summed E-state index contributed by atoms with van der Waals surface area (Å²) in [6, 6.07) is 11.4. The van der Waals surface area contributed by atoms with Gasteiger partial charge < -0.3 is 16.0 Å². The van der Waals surface area contributed by atoms with Crippen molar-refractivity contribution < 1.29 is 9.59 Å². The van der Waals surface area contributed by atoms with E-state index in [1.54, 1.807) is 17.6 Å². The Morgan fingerprint density at radius 1 is 1.08 bits per heavy atom. The highest BCUT2D eigenvalue weighted by atomic mass is 16.2. The van der Waals surface area contributed by atoms with Crippen LogP contribution in [0.2, 0.25) is 0 Å². The van der Waals surface area contributed by atoms with Crippen molar-refractivity contribution in [3.05, 3.63) is 47.8 Å². The fourth-order valence-electron chi connectivity index (χ4n) is 5.61. The number of hydrogen-bond donors (Lipinski definition) is 3. The number of rotatable bonds is 6. The number of carbonyl (C=O) groups excluding carboxylic acids is 2. The van der Waals surface area contributed by atoms with Gasteiger partial charge >= 0.3 is 0 Å². The Morgan fingerprint density at radius 3 is 2.50 bits per heavy atom. The number of aromatic nitrogens is 3. The standard InChI is InChI=1S/C26H26N8O2/c1-29-24(36)25-4-7-26(8-5-25,9-6-25)33-20-13-21(31-16-19(20)23(35)30-11-10-27)22-3-2-18-12-17(14-28)15-32-34(18)22/h2-3,12-13,15-16H,4-9,11H2,1H3,(H,29,36)(H,30,35)(H,31,33). The second-order valence-corrected chi connectivity index (χ2v) is 9.63. The molecule has 0 spiro atoms.